The van der Waals surface area contributed by atoms with Crippen LogP contribution in [0, 0.1) is 0 Å². The van der Waals surface area contributed by atoms with E-state index < -0.39 is 41.6 Å². The summed E-state index contributed by atoms with van der Waals surface area (Å²) in [6.07, 6.45) is -2.04. The Morgan fingerprint density at radius 2 is 1.89 bits per heavy atom. The molecule has 1 aromatic carbocycles. The van der Waals surface area contributed by atoms with Crippen molar-refractivity contribution in [3.8, 4) is 0 Å². The highest BCUT2D eigenvalue weighted by Gasteiger charge is 2.57. The molecule has 3 rings (SSSR count). The fourth-order valence-electron chi connectivity index (χ4n) is 3.37. The van der Waals surface area contributed by atoms with Gasteiger partial charge >= 0.3 is 5.97 Å². The van der Waals surface area contributed by atoms with Crippen LogP contribution in [0.3, 0.4) is 0 Å². The van der Waals surface area contributed by atoms with Crippen molar-refractivity contribution in [3.63, 3.8) is 0 Å². The van der Waals surface area contributed by atoms with Crippen LogP contribution in [-0.4, -0.2) is 53.3 Å². The van der Waals surface area contributed by atoms with Crippen LogP contribution in [0.5, 0.6) is 0 Å². The van der Waals surface area contributed by atoms with E-state index in [1.807, 2.05) is 44.2 Å². The van der Waals surface area contributed by atoms with Crippen molar-refractivity contribution in [1.29, 1.82) is 0 Å². The van der Waals surface area contributed by atoms with Crippen molar-refractivity contribution in [2.75, 3.05) is 6.61 Å². The molecule has 2 fully saturated rings. The smallest absolute Gasteiger partial charge is 0.302 e. The lowest BCUT2D eigenvalue weighted by Gasteiger charge is -2.30. The molecule has 0 spiro atoms. The highest BCUT2D eigenvalue weighted by atomic mass is 32.2. The Bertz CT molecular complexity index is 693. The Balaban J connectivity index is 1.77. The lowest BCUT2D eigenvalue weighted by Crippen LogP contribution is -2.43. The van der Waals surface area contributed by atoms with Gasteiger partial charge in [0.1, 0.15) is 24.9 Å². The van der Waals surface area contributed by atoms with Crippen molar-refractivity contribution in [3.05, 3.63) is 35.9 Å². The molecule has 8 heteroatoms. The van der Waals surface area contributed by atoms with Crippen molar-refractivity contribution in [2.24, 2.45) is 0 Å². The molecule has 0 N–H and O–H groups in total. The molecule has 0 radical (unpaired) electrons. The lowest BCUT2D eigenvalue weighted by atomic mass is 10.1. The second kappa shape index (κ2) is 8.92. The van der Waals surface area contributed by atoms with Crippen LogP contribution >= 0.6 is 11.8 Å². The molecule has 2 aliphatic heterocycles. The van der Waals surface area contributed by atoms with Crippen molar-refractivity contribution in [1.82, 2.24) is 0 Å². The maximum absolute atomic E-state index is 11.8. The molecule has 0 unspecified atom stereocenters. The molecule has 2 aliphatic rings. The Morgan fingerprint density at radius 3 is 2.54 bits per heavy atom. The van der Waals surface area contributed by atoms with Gasteiger partial charge < -0.3 is 23.7 Å². The molecule has 2 heterocycles. The molecule has 0 aromatic heterocycles. The van der Waals surface area contributed by atoms with Crippen molar-refractivity contribution in [2.45, 2.75) is 69.9 Å². The number of ether oxygens (including phenoxy) is 5. The van der Waals surface area contributed by atoms with Gasteiger partial charge in [-0.15, -0.1) is 0 Å². The van der Waals surface area contributed by atoms with E-state index >= 15 is 0 Å². The minimum atomic E-state index is -0.784. The van der Waals surface area contributed by atoms with Gasteiger partial charge in [0, 0.05) is 13.8 Å². The molecular formula is C20H26O7S. The lowest BCUT2D eigenvalue weighted by molar-refractivity contribution is -0.219. The first-order valence-electron chi connectivity index (χ1n) is 9.22. The third kappa shape index (κ3) is 5.33. The molecule has 28 heavy (non-hydrogen) atoms. The largest absolute Gasteiger partial charge is 0.465 e. The number of hydrogen-bond acceptors (Lipinski definition) is 8. The van der Waals surface area contributed by atoms with Crippen LogP contribution in [0.15, 0.2) is 30.3 Å². The standard InChI is InChI=1S/C20H26O7S/c1-12(21)23-11-15(28-13(2)22)16-17(24-10-14-8-6-5-7-9-14)18-19(25-16)27-20(3,4)26-18/h5-9,15-19H,10-11H2,1-4H3/t15-,16+,17-,18+,19+/m0/s1. The van der Waals surface area contributed by atoms with Gasteiger partial charge in [0.2, 0.25) is 0 Å². The van der Waals surface area contributed by atoms with Gasteiger partial charge in [0.15, 0.2) is 17.2 Å². The molecular weight excluding hydrogens is 384 g/mol. The van der Waals surface area contributed by atoms with Crippen LogP contribution in [0.1, 0.15) is 33.3 Å². The molecule has 0 aliphatic carbocycles. The number of fused-ring (bicyclic) bond motifs is 1. The third-order valence-electron chi connectivity index (χ3n) is 4.45. The van der Waals surface area contributed by atoms with Crippen LogP contribution in [-0.2, 0) is 39.9 Å². The Kier molecular flexibility index (Phi) is 6.77. The number of hydrogen-bond donors (Lipinski definition) is 0. The number of rotatable bonds is 7. The predicted molar refractivity (Wildman–Crippen MR) is 102 cm³/mol. The minimum Gasteiger partial charge on any atom is -0.465 e. The summed E-state index contributed by atoms with van der Waals surface area (Å²) >= 11 is 1.07. The number of thioether (sulfide) groups is 1. The summed E-state index contributed by atoms with van der Waals surface area (Å²) in [5, 5.41) is -0.523. The highest BCUT2D eigenvalue weighted by Crippen LogP contribution is 2.42. The minimum absolute atomic E-state index is 0.0400. The highest BCUT2D eigenvalue weighted by molar-refractivity contribution is 8.14. The Labute approximate surface area is 169 Å². The van der Waals surface area contributed by atoms with Crippen LogP contribution < -0.4 is 0 Å². The van der Waals surface area contributed by atoms with Gasteiger partial charge in [-0.05, 0) is 19.4 Å². The summed E-state index contributed by atoms with van der Waals surface area (Å²) in [5.41, 5.74) is 1.01. The van der Waals surface area contributed by atoms with Crippen molar-refractivity contribution < 1.29 is 33.3 Å². The summed E-state index contributed by atoms with van der Waals surface area (Å²) in [5.74, 6) is -1.20. The van der Waals surface area contributed by atoms with Crippen LogP contribution in [0.2, 0.25) is 0 Å². The van der Waals surface area contributed by atoms with Gasteiger partial charge in [-0.2, -0.15) is 0 Å². The van der Waals surface area contributed by atoms with Gasteiger partial charge in [-0.25, -0.2) is 0 Å². The molecule has 5 atom stereocenters. The second-order valence-corrected chi connectivity index (χ2v) is 8.70. The summed E-state index contributed by atoms with van der Waals surface area (Å²) in [7, 11) is 0. The van der Waals surface area contributed by atoms with Crippen LogP contribution in [0.25, 0.3) is 0 Å². The quantitative estimate of drug-likeness (QED) is 0.635. The fourth-order valence-corrected chi connectivity index (χ4v) is 4.28. The first-order valence-corrected chi connectivity index (χ1v) is 10.1. The molecule has 2 saturated heterocycles. The van der Waals surface area contributed by atoms with E-state index in [9.17, 15) is 9.59 Å². The molecule has 0 bridgehead atoms. The molecule has 7 nitrogen and oxygen atoms in total. The van der Waals surface area contributed by atoms with Gasteiger partial charge in [-0.1, -0.05) is 42.1 Å². The summed E-state index contributed by atoms with van der Waals surface area (Å²) in [6, 6.07) is 9.77. The van der Waals surface area contributed by atoms with Gasteiger partial charge in [-0.3, -0.25) is 9.59 Å². The number of carbonyl (C=O) groups is 2. The predicted octanol–water partition coefficient (Wildman–Crippen LogP) is 2.66. The fraction of sp³-hybridized carbons (Fsp3) is 0.600. The van der Waals surface area contributed by atoms with E-state index in [2.05, 4.69) is 0 Å². The summed E-state index contributed by atoms with van der Waals surface area (Å²) in [4.78, 5) is 23.0. The second-order valence-electron chi connectivity index (χ2n) is 7.28. The molecule has 0 amide bonds. The zero-order chi connectivity index (χ0) is 20.3. The van der Waals surface area contributed by atoms with E-state index in [0.29, 0.717) is 6.61 Å². The molecule has 1 aromatic rings. The van der Waals surface area contributed by atoms with E-state index in [4.69, 9.17) is 23.7 Å². The zero-order valence-corrected chi connectivity index (χ0v) is 17.3. The number of benzene rings is 1. The first-order chi connectivity index (χ1) is 13.2. The molecule has 0 saturated carbocycles. The van der Waals surface area contributed by atoms with Gasteiger partial charge in [0.25, 0.3) is 0 Å². The monoisotopic (exact) mass is 410 g/mol. The average molecular weight is 410 g/mol. The average Bonchev–Trinajstić information content (AvgIpc) is 3.09. The topological polar surface area (TPSA) is 80.3 Å². The van der Waals surface area contributed by atoms with Crippen molar-refractivity contribution >= 4 is 22.8 Å². The summed E-state index contributed by atoms with van der Waals surface area (Å²) in [6.45, 7) is 6.84. The maximum Gasteiger partial charge on any atom is 0.302 e. The Morgan fingerprint density at radius 1 is 1.18 bits per heavy atom. The van der Waals surface area contributed by atoms with E-state index in [1.54, 1.807) is 0 Å². The third-order valence-corrected chi connectivity index (χ3v) is 5.49. The van der Waals surface area contributed by atoms with E-state index in [1.165, 1.54) is 13.8 Å². The van der Waals surface area contributed by atoms with E-state index in [-0.39, 0.29) is 11.7 Å². The SMILES string of the molecule is CC(=O)OC[C@H](SC(C)=O)[C@H]1O[C@@H]2OC(C)(C)O[C@@H]2[C@H]1OCc1ccccc1. The maximum atomic E-state index is 11.8. The number of esters is 1. The zero-order valence-electron chi connectivity index (χ0n) is 16.5. The van der Waals surface area contributed by atoms with E-state index in [0.717, 1.165) is 17.3 Å². The first kappa shape index (κ1) is 21.3. The number of carbonyl (C=O) groups excluding carboxylic acids is 2. The molecule has 154 valence electrons. The summed E-state index contributed by atoms with van der Waals surface area (Å²) < 4.78 is 29.3. The normalized spacial score (nSPS) is 29.3. The Hall–Kier alpha value is -1.45. The van der Waals surface area contributed by atoms with Crippen LogP contribution in [0.4, 0.5) is 0 Å². The van der Waals surface area contributed by atoms with Gasteiger partial charge in [0.05, 0.1) is 11.9 Å².